The Bertz CT molecular complexity index is 193. The van der Waals surface area contributed by atoms with Crippen molar-refractivity contribution in [1.29, 1.82) is 0 Å². The van der Waals surface area contributed by atoms with Gasteiger partial charge in [-0.1, -0.05) is 26.7 Å². The molecule has 0 spiro atoms. The van der Waals surface area contributed by atoms with Gasteiger partial charge in [0.15, 0.2) is 19.5 Å². The molecule has 0 amide bonds. The van der Waals surface area contributed by atoms with Crippen LogP contribution in [0.2, 0.25) is 11.1 Å². The first kappa shape index (κ1) is 18.3. The third kappa shape index (κ3) is 5.10. The largest absolute Gasteiger partial charge is 0.424 e. The Morgan fingerprint density at radius 2 is 1.33 bits per heavy atom. The molecule has 2 atom stereocenters. The zero-order valence-corrected chi connectivity index (χ0v) is 15.4. The van der Waals surface area contributed by atoms with Gasteiger partial charge in [0.05, 0.1) is 0 Å². The second kappa shape index (κ2) is 10.1. The van der Waals surface area contributed by atoms with Crippen LogP contribution < -0.4 is 11.5 Å². The van der Waals surface area contributed by atoms with Crippen LogP contribution in [-0.4, -0.2) is 44.8 Å². The van der Waals surface area contributed by atoms with Gasteiger partial charge in [-0.25, -0.2) is 0 Å². The van der Waals surface area contributed by atoms with Gasteiger partial charge in [0, 0.05) is 25.3 Å². The molecule has 0 aliphatic carbocycles. The molecule has 6 heteroatoms. The third-order valence-corrected chi connectivity index (χ3v) is 8.67. The van der Waals surface area contributed by atoms with Crippen molar-refractivity contribution in [2.75, 3.05) is 19.8 Å². The van der Waals surface area contributed by atoms with E-state index >= 15 is 0 Å². The summed E-state index contributed by atoms with van der Waals surface area (Å²) in [4.78, 5) is 0. The number of rotatable bonds is 11. The molecule has 2 unspecified atom stereocenters. The number of hydrogen-bond acceptors (Lipinski definition) is 4. The Morgan fingerprint density at radius 1 is 0.944 bits per heavy atom. The lowest BCUT2D eigenvalue weighted by atomic mass is 9.88. The second-order valence-corrected chi connectivity index (χ2v) is 8.30. The first-order chi connectivity index (χ1) is 8.60. The zero-order chi connectivity index (χ0) is 14.0. The van der Waals surface area contributed by atoms with E-state index in [0.717, 1.165) is 26.1 Å². The zero-order valence-electron chi connectivity index (χ0n) is 12.6. The quantitative estimate of drug-likeness (QED) is 0.537. The molecule has 110 valence electrons. The molecule has 0 radical (unpaired) electrons. The molecule has 0 fully saturated rings. The van der Waals surface area contributed by atoms with Crippen LogP contribution in [0, 0.1) is 0 Å². The maximum Gasteiger partial charge on any atom is 0.166 e. The molecule has 0 bridgehead atoms. The van der Waals surface area contributed by atoms with Crippen molar-refractivity contribution in [2.24, 2.45) is 11.5 Å². The van der Waals surface area contributed by atoms with E-state index in [9.17, 15) is 0 Å². The van der Waals surface area contributed by atoms with Crippen molar-refractivity contribution >= 4 is 19.5 Å². The van der Waals surface area contributed by atoms with Crippen LogP contribution >= 0.6 is 0 Å². The van der Waals surface area contributed by atoms with E-state index < -0.39 is 19.5 Å². The van der Waals surface area contributed by atoms with E-state index in [-0.39, 0.29) is 5.54 Å². The maximum absolute atomic E-state index is 6.67. The molecule has 0 saturated heterocycles. The SMILES string of the molecule is CCO[SiH2]C(CC)C(N)(CN)C(CC)[SiH2]OCC. The highest BCUT2D eigenvalue weighted by molar-refractivity contribution is 6.33. The summed E-state index contributed by atoms with van der Waals surface area (Å²) < 4.78 is 11.4. The smallest absolute Gasteiger partial charge is 0.166 e. The summed E-state index contributed by atoms with van der Waals surface area (Å²) in [6.45, 7) is 10.6. The van der Waals surface area contributed by atoms with Crippen LogP contribution in [0.5, 0.6) is 0 Å². The van der Waals surface area contributed by atoms with Crippen LogP contribution in [0.3, 0.4) is 0 Å². The molecular formula is C12H32N2O2Si2. The van der Waals surface area contributed by atoms with Crippen molar-refractivity contribution in [2.45, 2.75) is 57.2 Å². The minimum Gasteiger partial charge on any atom is -0.424 e. The molecule has 0 saturated carbocycles. The van der Waals surface area contributed by atoms with E-state index in [2.05, 4.69) is 13.8 Å². The highest BCUT2D eigenvalue weighted by Crippen LogP contribution is 2.35. The van der Waals surface area contributed by atoms with Crippen molar-refractivity contribution in [1.82, 2.24) is 0 Å². The first-order valence-corrected chi connectivity index (χ1v) is 10.0. The van der Waals surface area contributed by atoms with Gasteiger partial charge in [0.1, 0.15) is 0 Å². The standard InChI is InChI=1S/C12H32N2O2Si2/c1-5-10(17-15-7-3)12(14,9-13)11(6-2)18-16-8-4/h10-11H,5-9,13-14,17-18H2,1-4H3. The summed E-state index contributed by atoms with van der Waals surface area (Å²) in [7, 11) is -1.21. The van der Waals surface area contributed by atoms with Crippen molar-refractivity contribution in [3.63, 3.8) is 0 Å². The van der Waals surface area contributed by atoms with Crippen LogP contribution in [0.25, 0.3) is 0 Å². The van der Waals surface area contributed by atoms with E-state index in [1.54, 1.807) is 0 Å². The minimum atomic E-state index is -0.604. The predicted octanol–water partition coefficient (Wildman–Crippen LogP) is 0.280. The van der Waals surface area contributed by atoms with E-state index in [1.165, 1.54) is 0 Å². The minimum absolute atomic E-state index is 0.272. The topological polar surface area (TPSA) is 70.5 Å². The Morgan fingerprint density at radius 3 is 1.56 bits per heavy atom. The summed E-state index contributed by atoms with van der Waals surface area (Å²) in [5.74, 6) is 0. The lowest BCUT2D eigenvalue weighted by Crippen LogP contribution is -2.57. The second-order valence-electron chi connectivity index (χ2n) is 4.85. The summed E-state index contributed by atoms with van der Waals surface area (Å²) in [5, 5.41) is 0. The fraction of sp³-hybridized carbons (Fsp3) is 1.00. The van der Waals surface area contributed by atoms with Crippen LogP contribution in [0.15, 0.2) is 0 Å². The van der Waals surface area contributed by atoms with Gasteiger partial charge >= 0.3 is 0 Å². The summed E-state index contributed by atoms with van der Waals surface area (Å²) in [6, 6.07) is 0. The summed E-state index contributed by atoms with van der Waals surface area (Å²) in [6.07, 6.45) is 2.13. The Balaban J connectivity index is 4.77. The summed E-state index contributed by atoms with van der Waals surface area (Å²) in [5.41, 5.74) is 13.3. The molecule has 18 heavy (non-hydrogen) atoms. The fourth-order valence-corrected chi connectivity index (χ4v) is 5.96. The molecule has 0 aromatic rings. The summed E-state index contributed by atoms with van der Waals surface area (Å²) >= 11 is 0. The van der Waals surface area contributed by atoms with Crippen LogP contribution in [0.4, 0.5) is 0 Å². The van der Waals surface area contributed by atoms with E-state index in [4.69, 9.17) is 20.3 Å². The van der Waals surface area contributed by atoms with Crippen molar-refractivity contribution in [3.05, 3.63) is 0 Å². The average molecular weight is 293 g/mol. The van der Waals surface area contributed by atoms with Crippen molar-refractivity contribution < 1.29 is 8.85 Å². The van der Waals surface area contributed by atoms with Gasteiger partial charge in [0.25, 0.3) is 0 Å². The Labute approximate surface area is 117 Å². The van der Waals surface area contributed by atoms with Gasteiger partial charge < -0.3 is 20.3 Å². The molecule has 0 aliphatic heterocycles. The molecule has 0 rings (SSSR count). The highest BCUT2D eigenvalue weighted by Gasteiger charge is 2.40. The first-order valence-electron chi connectivity index (χ1n) is 7.24. The fourth-order valence-electron chi connectivity index (χ4n) is 2.49. The van der Waals surface area contributed by atoms with Gasteiger partial charge in [-0.05, 0) is 24.9 Å². The molecule has 4 N–H and O–H groups in total. The molecule has 4 nitrogen and oxygen atoms in total. The molecule has 0 aliphatic rings. The number of nitrogens with two attached hydrogens (primary N) is 2. The average Bonchev–Trinajstić information content (AvgIpc) is 2.40. The van der Waals surface area contributed by atoms with Gasteiger partial charge in [-0.3, -0.25) is 0 Å². The van der Waals surface area contributed by atoms with Gasteiger partial charge in [0.2, 0.25) is 0 Å². The van der Waals surface area contributed by atoms with Crippen LogP contribution in [-0.2, 0) is 8.85 Å². The highest BCUT2D eigenvalue weighted by atomic mass is 28.2. The monoisotopic (exact) mass is 292 g/mol. The number of hydrogen-bond donors (Lipinski definition) is 2. The normalized spacial score (nSPS) is 19.7. The van der Waals surface area contributed by atoms with E-state index in [0.29, 0.717) is 17.6 Å². The molecule has 0 aromatic heterocycles. The Hall–Kier alpha value is 0.274. The molecule has 0 heterocycles. The van der Waals surface area contributed by atoms with Gasteiger partial charge in [-0.2, -0.15) is 0 Å². The predicted molar refractivity (Wildman–Crippen MR) is 84.4 cm³/mol. The Kier molecular flexibility index (Phi) is 10.3. The van der Waals surface area contributed by atoms with Crippen LogP contribution in [0.1, 0.15) is 40.5 Å². The lowest BCUT2D eigenvalue weighted by Gasteiger charge is -2.42. The lowest BCUT2D eigenvalue weighted by molar-refractivity contribution is 0.284. The molecule has 0 aromatic carbocycles. The van der Waals surface area contributed by atoms with E-state index in [1.807, 2.05) is 13.8 Å². The van der Waals surface area contributed by atoms with Gasteiger partial charge in [-0.15, -0.1) is 0 Å². The van der Waals surface area contributed by atoms with Crippen molar-refractivity contribution in [3.8, 4) is 0 Å². The third-order valence-electron chi connectivity index (χ3n) is 3.91. The molecular weight excluding hydrogens is 260 g/mol. The maximum atomic E-state index is 6.67.